The lowest BCUT2D eigenvalue weighted by Crippen LogP contribution is -2.07. The highest BCUT2D eigenvalue weighted by molar-refractivity contribution is 5.97. The second-order valence-electron chi connectivity index (χ2n) is 3.11. The number of aromatic nitrogens is 2. The summed E-state index contributed by atoms with van der Waals surface area (Å²) in [5.41, 5.74) is 0.454. The maximum absolute atomic E-state index is 11.4. The van der Waals surface area contributed by atoms with E-state index in [-0.39, 0.29) is 18.1 Å². The third kappa shape index (κ3) is 1.67. The van der Waals surface area contributed by atoms with Crippen LogP contribution in [0.4, 0.5) is 0 Å². The topological polar surface area (TPSA) is 72.3 Å². The monoisotopic (exact) mass is 218 g/mol. The van der Waals surface area contributed by atoms with Crippen molar-refractivity contribution in [3.05, 3.63) is 30.2 Å². The van der Waals surface area contributed by atoms with Gasteiger partial charge in [-0.2, -0.15) is 0 Å². The summed E-state index contributed by atoms with van der Waals surface area (Å²) < 4.78 is 4.78. The Bertz CT molecular complexity index is 540. The lowest BCUT2D eigenvalue weighted by Gasteiger charge is -2.05. The molecule has 0 bridgehead atoms. The molecule has 0 amide bonds. The van der Waals surface area contributed by atoms with Crippen LogP contribution in [-0.2, 0) is 4.74 Å². The van der Waals surface area contributed by atoms with Crippen LogP contribution >= 0.6 is 0 Å². The van der Waals surface area contributed by atoms with Crippen molar-refractivity contribution in [1.82, 2.24) is 9.97 Å². The van der Waals surface area contributed by atoms with E-state index in [1.807, 2.05) is 0 Å². The van der Waals surface area contributed by atoms with Gasteiger partial charge < -0.3 is 9.84 Å². The van der Waals surface area contributed by atoms with Gasteiger partial charge in [0.15, 0.2) is 11.4 Å². The number of aromatic hydroxyl groups is 1. The molecule has 0 aliphatic heterocycles. The molecule has 0 aromatic carbocycles. The first-order chi connectivity index (χ1) is 7.74. The molecule has 0 atom stereocenters. The molecule has 2 aromatic heterocycles. The van der Waals surface area contributed by atoms with Crippen molar-refractivity contribution in [2.24, 2.45) is 0 Å². The minimum absolute atomic E-state index is 0.0812. The molecule has 0 saturated carbocycles. The van der Waals surface area contributed by atoms with Crippen LogP contribution in [0.3, 0.4) is 0 Å². The van der Waals surface area contributed by atoms with Crippen LogP contribution in [-0.4, -0.2) is 27.7 Å². The van der Waals surface area contributed by atoms with Gasteiger partial charge in [-0.25, -0.2) is 9.78 Å². The molecule has 2 rings (SSSR count). The zero-order valence-corrected chi connectivity index (χ0v) is 8.67. The maximum atomic E-state index is 11.4. The number of carbonyl (C=O) groups excluding carboxylic acids is 1. The van der Waals surface area contributed by atoms with Crippen molar-refractivity contribution in [1.29, 1.82) is 0 Å². The predicted octanol–water partition coefficient (Wildman–Crippen LogP) is 1.51. The summed E-state index contributed by atoms with van der Waals surface area (Å²) in [5.74, 6) is -0.824. The van der Waals surface area contributed by atoms with E-state index in [1.165, 1.54) is 6.20 Å². The molecule has 0 spiro atoms. The molecule has 0 unspecified atom stereocenters. The van der Waals surface area contributed by atoms with Crippen LogP contribution in [0.15, 0.2) is 24.5 Å². The fraction of sp³-hybridized carbons (Fsp3) is 0.182. The standard InChI is InChI=1S/C11H10N2O3/c1-2-16-11(15)9-10(14)7-4-3-5-12-8(7)6-13-9/h3-6,14H,2H2,1H3. The van der Waals surface area contributed by atoms with Crippen molar-refractivity contribution >= 4 is 16.9 Å². The lowest BCUT2D eigenvalue weighted by atomic mass is 10.2. The highest BCUT2D eigenvalue weighted by atomic mass is 16.5. The molecule has 2 aromatic rings. The summed E-state index contributed by atoms with van der Waals surface area (Å²) in [6.07, 6.45) is 3.02. The second-order valence-corrected chi connectivity index (χ2v) is 3.11. The quantitative estimate of drug-likeness (QED) is 0.773. The van der Waals surface area contributed by atoms with Crippen molar-refractivity contribution in [2.45, 2.75) is 6.92 Å². The summed E-state index contributed by atoms with van der Waals surface area (Å²) in [6.45, 7) is 1.93. The van der Waals surface area contributed by atoms with Gasteiger partial charge in [0.25, 0.3) is 0 Å². The van der Waals surface area contributed by atoms with E-state index in [4.69, 9.17) is 4.74 Å². The number of rotatable bonds is 2. The minimum Gasteiger partial charge on any atom is -0.505 e. The fourth-order valence-corrected chi connectivity index (χ4v) is 1.38. The number of hydrogen-bond acceptors (Lipinski definition) is 5. The van der Waals surface area contributed by atoms with E-state index in [2.05, 4.69) is 9.97 Å². The number of ether oxygens (including phenoxy) is 1. The molecule has 82 valence electrons. The molecule has 0 aliphatic rings. The Hall–Kier alpha value is -2.17. The van der Waals surface area contributed by atoms with Gasteiger partial charge in [-0.3, -0.25) is 4.98 Å². The number of nitrogens with zero attached hydrogens (tertiary/aromatic N) is 2. The van der Waals surface area contributed by atoms with Crippen molar-refractivity contribution in [2.75, 3.05) is 6.61 Å². The number of carbonyl (C=O) groups is 1. The Labute approximate surface area is 91.7 Å². The highest BCUT2D eigenvalue weighted by Crippen LogP contribution is 2.25. The van der Waals surface area contributed by atoms with E-state index in [0.29, 0.717) is 10.9 Å². The van der Waals surface area contributed by atoms with Gasteiger partial charge in [-0.05, 0) is 19.1 Å². The van der Waals surface area contributed by atoms with E-state index < -0.39 is 5.97 Å². The van der Waals surface area contributed by atoms with Crippen LogP contribution in [0.1, 0.15) is 17.4 Å². The summed E-state index contributed by atoms with van der Waals surface area (Å²) in [4.78, 5) is 19.3. The average molecular weight is 218 g/mol. The summed E-state index contributed by atoms with van der Waals surface area (Å²) >= 11 is 0. The van der Waals surface area contributed by atoms with Crippen molar-refractivity contribution in [3.8, 4) is 5.75 Å². The molecular weight excluding hydrogens is 208 g/mol. The van der Waals surface area contributed by atoms with Crippen LogP contribution in [0.2, 0.25) is 0 Å². The zero-order chi connectivity index (χ0) is 11.5. The first-order valence-corrected chi connectivity index (χ1v) is 4.84. The third-order valence-corrected chi connectivity index (χ3v) is 2.10. The van der Waals surface area contributed by atoms with Crippen molar-refractivity contribution in [3.63, 3.8) is 0 Å². The van der Waals surface area contributed by atoms with Crippen LogP contribution < -0.4 is 0 Å². The largest absolute Gasteiger partial charge is 0.505 e. The van der Waals surface area contributed by atoms with Crippen LogP contribution in [0, 0.1) is 0 Å². The SMILES string of the molecule is CCOC(=O)c1ncc2ncccc2c1O. The molecular formula is C11H10N2O3. The molecule has 5 nitrogen and oxygen atoms in total. The molecule has 0 aliphatic carbocycles. The molecule has 0 radical (unpaired) electrons. The van der Waals surface area contributed by atoms with E-state index in [1.54, 1.807) is 25.3 Å². The fourth-order valence-electron chi connectivity index (χ4n) is 1.38. The number of esters is 1. The molecule has 0 saturated heterocycles. The van der Waals surface area contributed by atoms with Gasteiger partial charge in [-0.1, -0.05) is 0 Å². The van der Waals surface area contributed by atoms with Gasteiger partial charge in [0, 0.05) is 11.6 Å². The maximum Gasteiger partial charge on any atom is 0.360 e. The average Bonchev–Trinajstić information content (AvgIpc) is 2.30. The number of fused-ring (bicyclic) bond motifs is 1. The Morgan fingerprint density at radius 2 is 2.31 bits per heavy atom. The van der Waals surface area contributed by atoms with Crippen LogP contribution in [0.25, 0.3) is 10.9 Å². The minimum atomic E-state index is -0.634. The Morgan fingerprint density at radius 3 is 3.06 bits per heavy atom. The Morgan fingerprint density at radius 1 is 1.50 bits per heavy atom. The normalized spacial score (nSPS) is 10.3. The zero-order valence-electron chi connectivity index (χ0n) is 8.67. The van der Waals surface area contributed by atoms with Crippen LogP contribution in [0.5, 0.6) is 5.75 Å². The summed E-state index contributed by atoms with van der Waals surface area (Å²) in [5, 5.41) is 10.3. The van der Waals surface area contributed by atoms with Gasteiger partial charge in [-0.15, -0.1) is 0 Å². The van der Waals surface area contributed by atoms with E-state index in [9.17, 15) is 9.90 Å². The second kappa shape index (κ2) is 4.14. The highest BCUT2D eigenvalue weighted by Gasteiger charge is 2.16. The first-order valence-electron chi connectivity index (χ1n) is 4.84. The summed E-state index contributed by atoms with van der Waals surface area (Å²) in [7, 11) is 0. The van der Waals surface area contributed by atoms with E-state index >= 15 is 0 Å². The van der Waals surface area contributed by atoms with Crippen molar-refractivity contribution < 1.29 is 14.6 Å². The third-order valence-electron chi connectivity index (χ3n) is 2.10. The Balaban J connectivity index is 2.56. The van der Waals surface area contributed by atoms with Gasteiger partial charge >= 0.3 is 5.97 Å². The molecule has 16 heavy (non-hydrogen) atoms. The van der Waals surface area contributed by atoms with Gasteiger partial charge in [0.05, 0.1) is 18.3 Å². The molecule has 1 N–H and O–H groups in total. The summed E-state index contributed by atoms with van der Waals surface area (Å²) in [6, 6.07) is 3.35. The number of pyridine rings is 2. The molecule has 0 fully saturated rings. The molecule has 5 heteroatoms. The lowest BCUT2D eigenvalue weighted by molar-refractivity contribution is 0.0516. The Kier molecular flexibility index (Phi) is 2.68. The van der Waals surface area contributed by atoms with Gasteiger partial charge in [0.2, 0.25) is 0 Å². The number of hydrogen-bond donors (Lipinski definition) is 1. The predicted molar refractivity (Wildman–Crippen MR) is 57.2 cm³/mol. The smallest absolute Gasteiger partial charge is 0.360 e. The van der Waals surface area contributed by atoms with Gasteiger partial charge in [0.1, 0.15) is 0 Å². The van der Waals surface area contributed by atoms with E-state index in [0.717, 1.165) is 0 Å². The molecule has 2 heterocycles. The first kappa shape index (κ1) is 10.4.